The zero-order chi connectivity index (χ0) is 23.0. The minimum absolute atomic E-state index is 0.0407. The molecular formula is C24H26FN3O4. The number of aromatic carboxylic acids is 1. The van der Waals surface area contributed by atoms with Gasteiger partial charge in [-0.3, -0.25) is 9.36 Å². The molecule has 2 aromatic carbocycles. The second kappa shape index (κ2) is 8.70. The summed E-state index contributed by atoms with van der Waals surface area (Å²) in [6.07, 6.45) is 1.82. The second-order valence-electron chi connectivity index (χ2n) is 8.36. The maximum Gasteiger partial charge on any atom is 0.337 e. The summed E-state index contributed by atoms with van der Waals surface area (Å²) in [6, 6.07) is 6.99. The van der Waals surface area contributed by atoms with Crippen molar-refractivity contribution in [2.24, 2.45) is 7.05 Å². The summed E-state index contributed by atoms with van der Waals surface area (Å²) in [5, 5.41) is 13.1. The van der Waals surface area contributed by atoms with E-state index < -0.39 is 11.8 Å². The van der Waals surface area contributed by atoms with Crippen LogP contribution in [0.5, 0.6) is 0 Å². The van der Waals surface area contributed by atoms with Gasteiger partial charge in [0.1, 0.15) is 11.6 Å². The number of hydrogen-bond acceptors (Lipinski definition) is 5. The quantitative estimate of drug-likeness (QED) is 0.621. The summed E-state index contributed by atoms with van der Waals surface area (Å²) < 4.78 is 20.8. The third-order valence-corrected chi connectivity index (χ3v) is 5.96. The predicted molar refractivity (Wildman–Crippen MR) is 120 cm³/mol. The number of carboxylic acids is 1. The maximum atomic E-state index is 13.6. The fraction of sp³-hybridized carbons (Fsp3) is 0.375. The van der Waals surface area contributed by atoms with Crippen molar-refractivity contribution < 1.29 is 19.0 Å². The van der Waals surface area contributed by atoms with Gasteiger partial charge in [0.2, 0.25) is 0 Å². The van der Waals surface area contributed by atoms with Gasteiger partial charge >= 0.3 is 5.97 Å². The molecule has 7 nitrogen and oxygen atoms in total. The number of benzene rings is 2. The Bertz CT molecular complexity index is 1250. The van der Waals surface area contributed by atoms with Gasteiger partial charge in [-0.15, -0.1) is 0 Å². The number of rotatable bonds is 5. The van der Waals surface area contributed by atoms with Crippen molar-refractivity contribution in [2.45, 2.75) is 38.6 Å². The Balaban J connectivity index is 1.82. The normalized spacial score (nSPS) is 17.3. The fourth-order valence-electron chi connectivity index (χ4n) is 4.34. The molecule has 1 unspecified atom stereocenters. The molecule has 0 radical (unpaired) electrons. The van der Waals surface area contributed by atoms with E-state index in [2.05, 4.69) is 5.32 Å². The van der Waals surface area contributed by atoms with Crippen molar-refractivity contribution in [3.63, 3.8) is 0 Å². The minimum Gasteiger partial charge on any atom is -0.478 e. The number of hydrogen-bond donors (Lipinski definition) is 2. The molecule has 1 saturated heterocycles. The van der Waals surface area contributed by atoms with Crippen LogP contribution in [0.15, 0.2) is 35.1 Å². The molecule has 0 saturated carbocycles. The lowest BCUT2D eigenvalue weighted by molar-refractivity contribution is 0.0697. The molecule has 32 heavy (non-hydrogen) atoms. The van der Waals surface area contributed by atoms with Crippen molar-refractivity contribution in [3.8, 4) is 0 Å². The van der Waals surface area contributed by atoms with Gasteiger partial charge in [-0.05, 0) is 56.5 Å². The van der Waals surface area contributed by atoms with Crippen molar-refractivity contribution >= 4 is 22.6 Å². The number of anilines is 1. The van der Waals surface area contributed by atoms with E-state index in [0.29, 0.717) is 35.6 Å². The first-order valence-corrected chi connectivity index (χ1v) is 10.6. The van der Waals surface area contributed by atoms with E-state index in [4.69, 9.17) is 9.72 Å². The first-order chi connectivity index (χ1) is 15.3. The fourth-order valence-corrected chi connectivity index (χ4v) is 4.34. The largest absolute Gasteiger partial charge is 0.478 e. The van der Waals surface area contributed by atoms with Crippen LogP contribution in [0.3, 0.4) is 0 Å². The average Bonchev–Trinajstić information content (AvgIpc) is 2.77. The lowest BCUT2D eigenvalue weighted by Crippen LogP contribution is -2.28. The Morgan fingerprint density at radius 1 is 1.34 bits per heavy atom. The molecule has 3 aromatic rings. The Hall–Kier alpha value is -3.26. The van der Waals surface area contributed by atoms with Crippen LogP contribution in [-0.4, -0.2) is 33.8 Å². The van der Waals surface area contributed by atoms with E-state index in [0.717, 1.165) is 30.0 Å². The standard InChI is InChI=1S/C24H26FN3O4/c1-13-9-17(14(2)26-20-7-6-16(25)11-18(20)24(30)31)21-19(10-13)23(29)28(3)22(27-21)15-5-4-8-32-12-15/h6-7,9-11,14-15,26H,4-5,8,12H2,1-3H3,(H,30,31)/t14-,15?/m1/s1. The third-order valence-electron chi connectivity index (χ3n) is 5.96. The van der Waals surface area contributed by atoms with Gasteiger partial charge < -0.3 is 15.2 Å². The van der Waals surface area contributed by atoms with E-state index in [1.807, 2.05) is 26.0 Å². The van der Waals surface area contributed by atoms with Crippen LogP contribution in [0.4, 0.5) is 10.1 Å². The zero-order valence-corrected chi connectivity index (χ0v) is 18.3. The van der Waals surface area contributed by atoms with Crippen molar-refractivity contribution in [3.05, 3.63) is 69.0 Å². The van der Waals surface area contributed by atoms with Crippen LogP contribution < -0.4 is 10.9 Å². The summed E-state index contributed by atoms with van der Waals surface area (Å²) in [5.41, 5.74) is 2.27. The highest BCUT2D eigenvalue weighted by Crippen LogP contribution is 2.30. The Morgan fingerprint density at radius 2 is 2.12 bits per heavy atom. The summed E-state index contributed by atoms with van der Waals surface area (Å²) >= 11 is 0. The van der Waals surface area contributed by atoms with Crippen LogP contribution in [0.2, 0.25) is 0 Å². The lowest BCUT2D eigenvalue weighted by atomic mass is 9.98. The van der Waals surface area contributed by atoms with Gasteiger partial charge in [0.05, 0.1) is 29.1 Å². The molecule has 0 amide bonds. The molecular weight excluding hydrogens is 413 g/mol. The molecule has 0 spiro atoms. The number of halogens is 1. The van der Waals surface area contributed by atoms with Crippen molar-refractivity contribution in [1.29, 1.82) is 0 Å². The van der Waals surface area contributed by atoms with Gasteiger partial charge in [-0.1, -0.05) is 6.07 Å². The monoisotopic (exact) mass is 439 g/mol. The smallest absolute Gasteiger partial charge is 0.337 e. The van der Waals surface area contributed by atoms with Gasteiger partial charge in [0.15, 0.2) is 0 Å². The molecule has 8 heteroatoms. The molecule has 168 valence electrons. The predicted octanol–water partition coefficient (Wildman–Crippen LogP) is 4.15. The Kier molecular flexibility index (Phi) is 5.97. The molecule has 2 heterocycles. The van der Waals surface area contributed by atoms with Crippen molar-refractivity contribution in [1.82, 2.24) is 9.55 Å². The summed E-state index contributed by atoms with van der Waals surface area (Å²) in [4.78, 5) is 29.7. The highest BCUT2D eigenvalue weighted by molar-refractivity contribution is 5.94. The molecule has 2 N–H and O–H groups in total. The Labute approximate surface area is 184 Å². The SMILES string of the molecule is Cc1cc([C@@H](C)Nc2ccc(F)cc2C(=O)O)c2nc(C3CCCOC3)n(C)c(=O)c2c1. The van der Waals surface area contributed by atoms with Crippen LogP contribution in [0.25, 0.3) is 10.9 Å². The van der Waals surface area contributed by atoms with Gasteiger partial charge in [-0.25, -0.2) is 14.2 Å². The van der Waals surface area contributed by atoms with E-state index in [1.54, 1.807) is 11.6 Å². The van der Waals surface area contributed by atoms with E-state index in [1.165, 1.54) is 12.1 Å². The molecule has 1 aliphatic heterocycles. The zero-order valence-electron chi connectivity index (χ0n) is 18.3. The molecule has 4 rings (SSSR count). The number of fused-ring (bicyclic) bond motifs is 1. The number of carbonyl (C=O) groups is 1. The minimum atomic E-state index is -1.22. The van der Waals surface area contributed by atoms with Gasteiger partial charge in [0, 0.05) is 30.8 Å². The van der Waals surface area contributed by atoms with Crippen LogP contribution >= 0.6 is 0 Å². The molecule has 1 fully saturated rings. The molecule has 0 aliphatic carbocycles. The van der Waals surface area contributed by atoms with Gasteiger partial charge in [-0.2, -0.15) is 0 Å². The summed E-state index contributed by atoms with van der Waals surface area (Å²) in [5.74, 6) is -1.11. The molecule has 0 bridgehead atoms. The molecule has 1 aliphatic rings. The topological polar surface area (TPSA) is 93.4 Å². The molecule has 1 aromatic heterocycles. The van der Waals surface area contributed by atoms with Crippen LogP contribution in [0, 0.1) is 12.7 Å². The Morgan fingerprint density at radius 3 is 2.81 bits per heavy atom. The van der Waals surface area contributed by atoms with E-state index >= 15 is 0 Å². The summed E-state index contributed by atoms with van der Waals surface area (Å²) in [6.45, 7) is 5.01. The first-order valence-electron chi connectivity index (χ1n) is 10.6. The summed E-state index contributed by atoms with van der Waals surface area (Å²) in [7, 11) is 1.74. The molecule has 2 atom stereocenters. The number of aryl methyl sites for hydroxylation is 1. The van der Waals surface area contributed by atoms with E-state index in [9.17, 15) is 19.1 Å². The number of nitrogens with one attached hydrogen (secondary N) is 1. The van der Waals surface area contributed by atoms with E-state index in [-0.39, 0.29) is 23.1 Å². The first kappa shape index (κ1) is 22.0. The van der Waals surface area contributed by atoms with Gasteiger partial charge in [0.25, 0.3) is 5.56 Å². The van der Waals surface area contributed by atoms with Crippen LogP contribution in [-0.2, 0) is 11.8 Å². The van der Waals surface area contributed by atoms with Crippen LogP contribution in [0.1, 0.15) is 59.0 Å². The second-order valence-corrected chi connectivity index (χ2v) is 8.36. The lowest BCUT2D eigenvalue weighted by Gasteiger charge is -2.25. The third kappa shape index (κ3) is 4.10. The number of ether oxygens (including phenoxy) is 1. The number of nitrogens with zero attached hydrogens (tertiary/aromatic N) is 2. The maximum absolute atomic E-state index is 13.6. The highest BCUT2D eigenvalue weighted by Gasteiger charge is 2.24. The average molecular weight is 439 g/mol. The van der Waals surface area contributed by atoms with Crippen molar-refractivity contribution in [2.75, 3.05) is 18.5 Å². The number of carboxylic acid groups (broad SMARTS) is 1. The highest BCUT2D eigenvalue weighted by atomic mass is 19.1. The number of aromatic nitrogens is 2.